The quantitative estimate of drug-likeness (QED) is 0.847. The molecule has 2 heterocycles. The van der Waals surface area contributed by atoms with Gasteiger partial charge in [-0.15, -0.1) is 23.7 Å². The number of amides is 1. The Kier molecular flexibility index (Phi) is 6.15. The molecule has 0 aliphatic carbocycles. The number of nitrogens with two attached hydrogens (primary N) is 1. The van der Waals surface area contributed by atoms with Gasteiger partial charge in [-0.05, 0) is 37.1 Å². The van der Waals surface area contributed by atoms with Gasteiger partial charge in [-0.3, -0.25) is 9.59 Å². The number of thiophene rings is 1. The predicted octanol–water partition coefficient (Wildman–Crippen LogP) is 3.19. The first-order chi connectivity index (χ1) is 11.1. The third-order valence-corrected chi connectivity index (χ3v) is 5.60. The van der Waals surface area contributed by atoms with E-state index >= 15 is 0 Å². The number of rotatable bonds is 4. The Morgan fingerprint density at radius 2 is 1.79 bits per heavy atom. The zero-order valence-electron chi connectivity index (χ0n) is 13.5. The van der Waals surface area contributed by atoms with Crippen LogP contribution in [-0.2, 0) is 0 Å². The van der Waals surface area contributed by atoms with E-state index in [1.807, 2.05) is 23.1 Å². The van der Waals surface area contributed by atoms with Crippen molar-refractivity contribution in [2.45, 2.75) is 12.8 Å². The van der Waals surface area contributed by atoms with Crippen molar-refractivity contribution in [2.24, 2.45) is 11.7 Å². The summed E-state index contributed by atoms with van der Waals surface area (Å²) in [6.07, 6.45) is 0. The van der Waals surface area contributed by atoms with Crippen LogP contribution in [0, 0.1) is 5.92 Å². The molecule has 0 unspecified atom stereocenters. The van der Waals surface area contributed by atoms with Crippen LogP contribution in [0.3, 0.4) is 0 Å². The maximum atomic E-state index is 12.7. The standard InChI is InChI=1S/C18H20N2O2S.ClH/c1-12(21)16-7-8-17(23-16)18(22)20-10-14(9-19)15(11-20)13-5-3-2-4-6-13;/h2-8,14-15H,9-11,19H2,1H3;1H/t14-,15+;/m1./s1. The number of halogens is 1. The number of ketones is 1. The Bertz CT molecular complexity index is 717. The topological polar surface area (TPSA) is 63.4 Å². The van der Waals surface area contributed by atoms with Crippen molar-refractivity contribution in [3.05, 3.63) is 57.8 Å². The second-order valence-electron chi connectivity index (χ2n) is 5.94. The second kappa shape index (κ2) is 7.92. The zero-order chi connectivity index (χ0) is 16.4. The number of Topliss-reactive ketones (excluding diaryl/α,β-unsaturated/α-hetero) is 1. The lowest BCUT2D eigenvalue weighted by atomic mass is 9.89. The van der Waals surface area contributed by atoms with Crippen molar-refractivity contribution in [2.75, 3.05) is 19.6 Å². The highest BCUT2D eigenvalue weighted by molar-refractivity contribution is 7.15. The first-order valence-corrected chi connectivity index (χ1v) is 8.57. The van der Waals surface area contributed by atoms with Gasteiger partial charge >= 0.3 is 0 Å². The van der Waals surface area contributed by atoms with Gasteiger partial charge in [0.05, 0.1) is 9.75 Å². The number of hydrogen-bond acceptors (Lipinski definition) is 4. The highest BCUT2D eigenvalue weighted by atomic mass is 35.5. The van der Waals surface area contributed by atoms with E-state index in [1.165, 1.54) is 23.8 Å². The molecule has 1 amide bonds. The van der Waals surface area contributed by atoms with E-state index in [4.69, 9.17) is 5.73 Å². The summed E-state index contributed by atoms with van der Waals surface area (Å²) >= 11 is 1.27. The second-order valence-corrected chi connectivity index (χ2v) is 7.03. The van der Waals surface area contributed by atoms with Crippen molar-refractivity contribution in [3.63, 3.8) is 0 Å². The molecule has 128 valence electrons. The van der Waals surface area contributed by atoms with Crippen LogP contribution in [0.15, 0.2) is 42.5 Å². The van der Waals surface area contributed by atoms with Crippen molar-refractivity contribution < 1.29 is 9.59 Å². The molecule has 1 aromatic carbocycles. The third kappa shape index (κ3) is 3.69. The third-order valence-electron chi connectivity index (χ3n) is 4.42. The molecule has 0 radical (unpaired) electrons. The summed E-state index contributed by atoms with van der Waals surface area (Å²) < 4.78 is 0. The number of benzene rings is 1. The van der Waals surface area contributed by atoms with Crippen molar-refractivity contribution in [3.8, 4) is 0 Å². The van der Waals surface area contributed by atoms with Crippen LogP contribution in [0.1, 0.15) is 37.7 Å². The monoisotopic (exact) mass is 364 g/mol. The van der Waals surface area contributed by atoms with Gasteiger partial charge in [0.15, 0.2) is 5.78 Å². The van der Waals surface area contributed by atoms with E-state index in [0.717, 1.165) is 0 Å². The Morgan fingerprint density at radius 1 is 1.12 bits per heavy atom. The average molecular weight is 365 g/mol. The molecule has 2 atom stereocenters. The zero-order valence-corrected chi connectivity index (χ0v) is 15.1. The molecule has 24 heavy (non-hydrogen) atoms. The highest BCUT2D eigenvalue weighted by Gasteiger charge is 2.35. The van der Waals surface area contributed by atoms with Gasteiger partial charge in [-0.25, -0.2) is 0 Å². The van der Waals surface area contributed by atoms with Crippen LogP contribution < -0.4 is 5.73 Å². The molecule has 3 rings (SSSR count). The molecule has 1 fully saturated rings. The van der Waals surface area contributed by atoms with Crippen molar-refractivity contribution >= 4 is 35.4 Å². The summed E-state index contributed by atoms with van der Waals surface area (Å²) in [5, 5.41) is 0. The molecule has 6 heteroatoms. The lowest BCUT2D eigenvalue weighted by molar-refractivity contribution is 0.0791. The molecule has 4 nitrogen and oxygen atoms in total. The van der Waals surface area contributed by atoms with E-state index in [9.17, 15) is 9.59 Å². The molecule has 0 bridgehead atoms. The SMILES string of the molecule is CC(=O)c1ccc(C(=O)N2C[C@@H](CN)[C@H](c3ccccc3)C2)s1.Cl. The fraction of sp³-hybridized carbons (Fsp3) is 0.333. The first-order valence-electron chi connectivity index (χ1n) is 7.75. The van der Waals surface area contributed by atoms with E-state index in [0.29, 0.717) is 29.4 Å². The van der Waals surface area contributed by atoms with Crippen LogP contribution in [0.5, 0.6) is 0 Å². The van der Waals surface area contributed by atoms with Gasteiger partial charge in [0.1, 0.15) is 0 Å². The predicted molar refractivity (Wildman–Crippen MR) is 99.2 cm³/mol. The first kappa shape index (κ1) is 18.6. The molecule has 0 spiro atoms. The molecule has 2 N–H and O–H groups in total. The van der Waals surface area contributed by atoms with Gasteiger partial charge in [0.2, 0.25) is 0 Å². The minimum Gasteiger partial charge on any atom is -0.337 e. The molecular weight excluding hydrogens is 344 g/mol. The fourth-order valence-electron chi connectivity index (χ4n) is 3.15. The largest absolute Gasteiger partial charge is 0.337 e. The molecule has 1 aliphatic heterocycles. The van der Waals surface area contributed by atoms with Crippen molar-refractivity contribution in [1.82, 2.24) is 4.90 Å². The number of likely N-dealkylation sites (tertiary alicyclic amines) is 1. The lowest BCUT2D eigenvalue weighted by Crippen LogP contribution is -2.29. The Hall–Kier alpha value is -1.69. The Labute approximate surface area is 152 Å². The normalized spacial score (nSPS) is 19.8. The van der Waals surface area contributed by atoms with E-state index in [-0.39, 0.29) is 35.9 Å². The Balaban J connectivity index is 0.00000208. The number of hydrogen-bond donors (Lipinski definition) is 1. The molecule has 1 saturated heterocycles. The van der Waals surface area contributed by atoms with Gasteiger partial charge in [-0.1, -0.05) is 30.3 Å². The maximum absolute atomic E-state index is 12.7. The smallest absolute Gasteiger partial charge is 0.263 e. The maximum Gasteiger partial charge on any atom is 0.263 e. The van der Waals surface area contributed by atoms with Crippen LogP contribution in [0.25, 0.3) is 0 Å². The number of carbonyl (C=O) groups is 2. The minimum atomic E-state index is -0.00234. The van der Waals surface area contributed by atoms with E-state index in [1.54, 1.807) is 12.1 Å². The summed E-state index contributed by atoms with van der Waals surface area (Å²) in [5.74, 6) is 0.544. The molecule has 1 aromatic heterocycles. The van der Waals surface area contributed by atoms with Gasteiger partial charge < -0.3 is 10.6 Å². The molecule has 1 aliphatic rings. The Morgan fingerprint density at radius 3 is 2.38 bits per heavy atom. The molecular formula is C18H21ClN2O2S. The van der Waals surface area contributed by atoms with Crippen LogP contribution in [0.4, 0.5) is 0 Å². The highest BCUT2D eigenvalue weighted by Crippen LogP contribution is 2.33. The summed E-state index contributed by atoms with van der Waals surface area (Å²) in [6, 6.07) is 13.7. The van der Waals surface area contributed by atoms with Gasteiger partial charge in [-0.2, -0.15) is 0 Å². The number of nitrogens with zero attached hydrogens (tertiary/aromatic N) is 1. The molecule has 0 saturated carbocycles. The van der Waals surface area contributed by atoms with Crippen molar-refractivity contribution in [1.29, 1.82) is 0 Å². The summed E-state index contributed by atoms with van der Waals surface area (Å²) in [6.45, 7) is 3.43. The van der Waals surface area contributed by atoms with E-state index in [2.05, 4.69) is 12.1 Å². The van der Waals surface area contributed by atoms with Gasteiger partial charge in [0, 0.05) is 19.0 Å². The minimum absolute atomic E-state index is 0. The summed E-state index contributed by atoms with van der Waals surface area (Å²) in [4.78, 5) is 27.2. The van der Waals surface area contributed by atoms with Crippen LogP contribution >= 0.6 is 23.7 Å². The summed E-state index contributed by atoms with van der Waals surface area (Å²) in [7, 11) is 0. The van der Waals surface area contributed by atoms with Crippen LogP contribution in [0.2, 0.25) is 0 Å². The fourth-order valence-corrected chi connectivity index (χ4v) is 4.02. The van der Waals surface area contributed by atoms with Crippen LogP contribution in [-0.4, -0.2) is 36.2 Å². The van der Waals surface area contributed by atoms with Gasteiger partial charge in [0.25, 0.3) is 5.91 Å². The summed E-state index contributed by atoms with van der Waals surface area (Å²) in [5.41, 5.74) is 7.16. The molecule has 2 aromatic rings. The average Bonchev–Trinajstić information content (AvgIpc) is 3.22. The van der Waals surface area contributed by atoms with E-state index < -0.39 is 0 Å². The lowest BCUT2D eigenvalue weighted by Gasteiger charge is -2.16. The number of carbonyl (C=O) groups excluding carboxylic acids is 2.